The fourth-order valence-electron chi connectivity index (χ4n) is 6.98. The number of esters is 2. The topological polar surface area (TPSA) is 210 Å². The molecule has 0 heterocycles. The van der Waals surface area contributed by atoms with Crippen molar-refractivity contribution in [2.75, 3.05) is 13.2 Å². The van der Waals surface area contributed by atoms with Crippen molar-refractivity contribution in [3.63, 3.8) is 0 Å². The molecule has 0 saturated heterocycles. The van der Waals surface area contributed by atoms with Crippen LogP contribution in [0.2, 0.25) is 0 Å². The largest absolute Gasteiger partial charge is 0.472 e. The van der Waals surface area contributed by atoms with E-state index in [1.165, 1.54) is 77.0 Å². The average molecular weight is 863 g/mol. The summed E-state index contributed by atoms with van der Waals surface area (Å²) in [5, 5.41) is 50.1. The number of phosphoric acid groups is 1. The van der Waals surface area contributed by atoms with E-state index < -0.39 is 75.7 Å². The quantitative estimate of drug-likeness (QED) is 0.0149. The minimum absolute atomic E-state index is 0.0867. The van der Waals surface area contributed by atoms with E-state index in [9.17, 15) is 44.6 Å². The molecule has 1 saturated carbocycles. The predicted molar refractivity (Wildman–Crippen MR) is 230 cm³/mol. The summed E-state index contributed by atoms with van der Waals surface area (Å²) in [5.74, 6) is -1.11. The van der Waals surface area contributed by atoms with Crippen LogP contribution >= 0.6 is 7.82 Å². The second kappa shape index (κ2) is 35.9. The Bertz CT molecular complexity index is 1130. The Kier molecular flexibility index (Phi) is 33.7. The van der Waals surface area contributed by atoms with E-state index in [1.807, 2.05) is 0 Å². The molecular weight excluding hydrogens is 779 g/mol. The van der Waals surface area contributed by atoms with Crippen molar-refractivity contribution in [2.45, 2.75) is 236 Å². The molecule has 1 fully saturated rings. The number of allylic oxidation sites excluding steroid dienone is 4. The van der Waals surface area contributed by atoms with Crippen molar-refractivity contribution in [2.24, 2.45) is 0 Å². The second-order valence-electron chi connectivity index (χ2n) is 16.3. The smallest absolute Gasteiger partial charge is 0.462 e. The molecule has 1 rings (SSSR count). The fourth-order valence-corrected chi connectivity index (χ4v) is 7.95. The molecule has 0 radical (unpaired) electrons. The number of unbranched alkanes of at least 4 members (excludes halogenated alkanes) is 22. The van der Waals surface area contributed by atoms with Crippen molar-refractivity contribution >= 4 is 19.8 Å². The standard InChI is InChI=1S/C45H83O13P/c1-3-5-7-9-11-13-15-17-19-21-23-25-27-29-31-33-38(46)55-35-37(36-56-59(53,54)58-45-43(51)41(49)40(48)42(50)44(45)52)57-39(47)34-32-30-28-26-24-22-20-18-16-14-12-10-8-6-4-2/h17-20,37,40-45,48-52H,3-16,21-36H2,1-2H3,(H,53,54)/b19-17+,20-18+/t37-,40?,41-,42+,43-,44-,45?/m1/s1. The van der Waals surface area contributed by atoms with Crippen molar-refractivity contribution in [1.29, 1.82) is 0 Å². The summed E-state index contributed by atoms with van der Waals surface area (Å²) in [5.41, 5.74) is 0. The molecule has 0 spiro atoms. The highest BCUT2D eigenvalue weighted by Crippen LogP contribution is 2.47. The van der Waals surface area contributed by atoms with Gasteiger partial charge in [-0.05, 0) is 64.2 Å². The summed E-state index contributed by atoms with van der Waals surface area (Å²) in [6, 6.07) is 0. The van der Waals surface area contributed by atoms with Gasteiger partial charge < -0.3 is 39.9 Å². The van der Waals surface area contributed by atoms with Crippen molar-refractivity contribution in [3.8, 4) is 0 Å². The molecule has 0 aromatic heterocycles. The SMILES string of the molecule is CCCCCCCC/C=C/CCCCCCCC(=O)OC[C@H](COP(=O)(O)OC1[C@H](O)[C@H](O)C(O)[C@H](O)[C@H]1O)OC(=O)CCCCCCC/C=C/CCCCCCCC. The Hall–Kier alpha value is -1.67. The summed E-state index contributed by atoms with van der Waals surface area (Å²) in [7, 11) is -5.12. The van der Waals surface area contributed by atoms with Crippen LogP contribution in [-0.2, 0) is 32.7 Å². The first-order valence-corrected chi connectivity index (χ1v) is 24.6. The molecule has 0 aromatic carbocycles. The summed E-state index contributed by atoms with van der Waals surface area (Å²) in [6.07, 6.45) is 25.2. The zero-order valence-corrected chi connectivity index (χ0v) is 37.4. The van der Waals surface area contributed by atoms with Gasteiger partial charge in [-0.2, -0.15) is 0 Å². The molecule has 1 aliphatic carbocycles. The Balaban J connectivity index is 2.47. The van der Waals surface area contributed by atoms with Gasteiger partial charge in [0.05, 0.1) is 6.61 Å². The maximum atomic E-state index is 12.8. The van der Waals surface area contributed by atoms with Gasteiger partial charge >= 0.3 is 19.8 Å². The summed E-state index contributed by atoms with van der Waals surface area (Å²) < 4.78 is 33.5. The molecule has 0 aliphatic heterocycles. The molecule has 0 aromatic rings. The number of aliphatic hydroxyl groups excluding tert-OH is 5. The van der Waals surface area contributed by atoms with E-state index in [0.29, 0.717) is 12.8 Å². The Morgan fingerprint density at radius 1 is 0.508 bits per heavy atom. The van der Waals surface area contributed by atoms with E-state index in [2.05, 4.69) is 38.2 Å². The maximum Gasteiger partial charge on any atom is 0.472 e. The normalized spacial score (nSPS) is 22.5. The molecule has 14 heteroatoms. The highest BCUT2D eigenvalue weighted by molar-refractivity contribution is 7.47. The lowest BCUT2D eigenvalue weighted by atomic mass is 9.85. The van der Waals surface area contributed by atoms with Gasteiger partial charge in [0.1, 0.15) is 43.2 Å². The molecular formula is C45H83O13P. The minimum Gasteiger partial charge on any atom is -0.462 e. The maximum absolute atomic E-state index is 12.8. The Labute approximate surface area is 356 Å². The molecule has 6 N–H and O–H groups in total. The lowest BCUT2D eigenvalue weighted by Crippen LogP contribution is -2.64. The molecule has 8 atom stereocenters. The molecule has 1 aliphatic rings. The first-order chi connectivity index (χ1) is 28.4. The van der Waals surface area contributed by atoms with Crippen LogP contribution in [0.5, 0.6) is 0 Å². The van der Waals surface area contributed by atoms with Gasteiger partial charge in [0.2, 0.25) is 0 Å². The highest BCUT2D eigenvalue weighted by atomic mass is 31.2. The number of phosphoric ester groups is 1. The van der Waals surface area contributed by atoms with E-state index >= 15 is 0 Å². The van der Waals surface area contributed by atoms with Crippen molar-refractivity contribution in [3.05, 3.63) is 24.3 Å². The average Bonchev–Trinajstić information content (AvgIpc) is 3.21. The van der Waals surface area contributed by atoms with Gasteiger partial charge in [-0.25, -0.2) is 4.57 Å². The van der Waals surface area contributed by atoms with Crippen LogP contribution in [-0.4, -0.2) is 98.3 Å². The molecule has 3 unspecified atom stereocenters. The molecule has 13 nitrogen and oxygen atoms in total. The van der Waals surface area contributed by atoms with Crippen LogP contribution in [0.3, 0.4) is 0 Å². The van der Waals surface area contributed by atoms with Crippen LogP contribution in [0.4, 0.5) is 0 Å². The predicted octanol–water partition coefficient (Wildman–Crippen LogP) is 8.84. The molecule has 0 bridgehead atoms. The van der Waals surface area contributed by atoms with Gasteiger partial charge in [-0.15, -0.1) is 0 Å². The summed E-state index contributed by atoms with van der Waals surface area (Å²) in [6.45, 7) is 3.28. The number of carbonyl (C=O) groups is 2. The van der Waals surface area contributed by atoms with Crippen LogP contribution in [0.15, 0.2) is 24.3 Å². The third kappa shape index (κ3) is 28.5. The van der Waals surface area contributed by atoms with Crippen LogP contribution in [0, 0.1) is 0 Å². The molecule has 0 amide bonds. The zero-order valence-electron chi connectivity index (χ0n) is 36.6. The summed E-state index contributed by atoms with van der Waals surface area (Å²) >= 11 is 0. The number of aliphatic hydroxyl groups is 5. The van der Waals surface area contributed by atoms with Crippen LogP contribution in [0.1, 0.15) is 194 Å². The molecule has 59 heavy (non-hydrogen) atoms. The lowest BCUT2D eigenvalue weighted by molar-refractivity contribution is -0.220. The van der Waals surface area contributed by atoms with Gasteiger partial charge in [0, 0.05) is 12.8 Å². The van der Waals surface area contributed by atoms with Crippen LogP contribution in [0.25, 0.3) is 0 Å². The number of rotatable bonds is 38. The Morgan fingerprint density at radius 3 is 1.29 bits per heavy atom. The van der Waals surface area contributed by atoms with E-state index in [4.69, 9.17) is 18.5 Å². The number of hydrogen-bond donors (Lipinski definition) is 6. The lowest BCUT2D eigenvalue weighted by Gasteiger charge is -2.41. The minimum atomic E-state index is -5.12. The van der Waals surface area contributed by atoms with E-state index in [-0.39, 0.29) is 12.8 Å². The number of hydrogen-bond acceptors (Lipinski definition) is 12. The zero-order chi connectivity index (χ0) is 43.6. The van der Waals surface area contributed by atoms with Gasteiger partial charge in [-0.1, -0.05) is 141 Å². The Morgan fingerprint density at radius 2 is 0.864 bits per heavy atom. The summed E-state index contributed by atoms with van der Waals surface area (Å²) in [4.78, 5) is 35.7. The van der Waals surface area contributed by atoms with E-state index in [1.54, 1.807) is 0 Å². The van der Waals surface area contributed by atoms with Crippen LogP contribution < -0.4 is 0 Å². The van der Waals surface area contributed by atoms with Gasteiger partial charge in [0.15, 0.2) is 6.10 Å². The van der Waals surface area contributed by atoms with E-state index in [0.717, 1.165) is 77.0 Å². The van der Waals surface area contributed by atoms with Crippen molar-refractivity contribution in [1.82, 2.24) is 0 Å². The molecule has 346 valence electrons. The van der Waals surface area contributed by atoms with Crippen molar-refractivity contribution < 1.29 is 63.1 Å². The second-order valence-corrected chi connectivity index (χ2v) is 17.7. The van der Waals surface area contributed by atoms with Gasteiger partial charge in [-0.3, -0.25) is 18.6 Å². The third-order valence-corrected chi connectivity index (χ3v) is 11.8. The first-order valence-electron chi connectivity index (χ1n) is 23.1. The third-order valence-electron chi connectivity index (χ3n) is 10.8. The highest BCUT2D eigenvalue weighted by Gasteiger charge is 2.51. The van der Waals surface area contributed by atoms with Gasteiger partial charge in [0.25, 0.3) is 0 Å². The first kappa shape index (κ1) is 55.3. The number of carbonyl (C=O) groups excluding carboxylic acids is 2. The number of ether oxygens (including phenoxy) is 2. The monoisotopic (exact) mass is 863 g/mol. The fraction of sp³-hybridized carbons (Fsp3) is 0.867.